The fraction of sp³-hybridized carbons (Fsp3) is 0.562. The van der Waals surface area contributed by atoms with Crippen LogP contribution in [-0.4, -0.2) is 18.6 Å². The van der Waals surface area contributed by atoms with Crippen LogP contribution in [-0.2, 0) is 4.79 Å². The lowest BCUT2D eigenvalue weighted by molar-refractivity contribution is -0.124. The Kier molecular flexibility index (Phi) is 5.41. The van der Waals surface area contributed by atoms with Crippen molar-refractivity contribution in [3.05, 3.63) is 29.8 Å². The Balaban J connectivity index is 1.83. The summed E-state index contributed by atoms with van der Waals surface area (Å²) in [5.41, 5.74) is 6.82. The van der Waals surface area contributed by atoms with Crippen molar-refractivity contribution in [2.75, 3.05) is 6.61 Å². The van der Waals surface area contributed by atoms with Crippen molar-refractivity contribution in [3.63, 3.8) is 0 Å². The van der Waals surface area contributed by atoms with Gasteiger partial charge in [-0.05, 0) is 25.8 Å². The average Bonchev–Trinajstić information content (AvgIpc) is 2.46. The zero-order chi connectivity index (χ0) is 14.4. The second-order valence-corrected chi connectivity index (χ2v) is 5.52. The number of nitrogens with one attached hydrogen (secondary N) is 1. The summed E-state index contributed by atoms with van der Waals surface area (Å²) in [6.07, 6.45) is 5.87. The molecular formula is C16H24N2O2. The highest BCUT2D eigenvalue weighted by molar-refractivity contribution is 5.77. The van der Waals surface area contributed by atoms with Crippen molar-refractivity contribution in [3.8, 4) is 5.75 Å². The van der Waals surface area contributed by atoms with Gasteiger partial charge in [0.2, 0.25) is 0 Å². The summed E-state index contributed by atoms with van der Waals surface area (Å²) in [7, 11) is 0. The highest BCUT2D eigenvalue weighted by Gasteiger charge is 2.16. The van der Waals surface area contributed by atoms with Crippen LogP contribution in [0.3, 0.4) is 0 Å². The molecule has 0 saturated heterocycles. The van der Waals surface area contributed by atoms with E-state index in [1.165, 1.54) is 19.3 Å². The maximum Gasteiger partial charge on any atom is 0.258 e. The van der Waals surface area contributed by atoms with Gasteiger partial charge in [0.25, 0.3) is 5.91 Å². The van der Waals surface area contributed by atoms with Gasteiger partial charge in [-0.1, -0.05) is 37.5 Å². The average molecular weight is 276 g/mol. The van der Waals surface area contributed by atoms with E-state index in [0.717, 1.165) is 18.4 Å². The number of carbonyl (C=O) groups is 1. The number of hydrogen-bond acceptors (Lipinski definition) is 3. The van der Waals surface area contributed by atoms with Crippen molar-refractivity contribution in [1.82, 2.24) is 5.32 Å². The minimum absolute atomic E-state index is 0.0450. The van der Waals surface area contributed by atoms with Crippen LogP contribution in [0.1, 0.15) is 50.6 Å². The van der Waals surface area contributed by atoms with E-state index >= 15 is 0 Å². The van der Waals surface area contributed by atoms with Gasteiger partial charge in [-0.3, -0.25) is 4.79 Å². The molecule has 1 saturated carbocycles. The summed E-state index contributed by atoms with van der Waals surface area (Å²) in [5.74, 6) is 0.651. The molecule has 0 aliphatic heterocycles. The zero-order valence-electron chi connectivity index (χ0n) is 12.1. The Bertz CT molecular complexity index is 440. The number of nitrogens with two attached hydrogens (primary N) is 1. The first-order valence-electron chi connectivity index (χ1n) is 7.43. The standard InChI is InChI=1S/C16H24N2O2/c1-12(17)14-9-5-6-10-15(14)20-11-16(19)18-13-7-3-2-4-8-13/h5-6,9-10,12-13H,2-4,7-8,11,17H2,1H3,(H,18,19). The van der Waals surface area contributed by atoms with Crippen LogP contribution in [0.4, 0.5) is 0 Å². The molecular weight excluding hydrogens is 252 g/mol. The first-order chi connectivity index (χ1) is 9.66. The van der Waals surface area contributed by atoms with Gasteiger partial charge < -0.3 is 15.8 Å². The molecule has 1 aliphatic carbocycles. The molecule has 3 N–H and O–H groups in total. The molecule has 0 bridgehead atoms. The lowest BCUT2D eigenvalue weighted by atomic mass is 9.95. The SMILES string of the molecule is CC(N)c1ccccc1OCC(=O)NC1CCCCC1. The Morgan fingerprint density at radius 1 is 1.35 bits per heavy atom. The normalized spacial score (nSPS) is 17.5. The fourth-order valence-electron chi connectivity index (χ4n) is 2.65. The number of para-hydroxylation sites is 1. The molecule has 0 heterocycles. The van der Waals surface area contributed by atoms with Gasteiger partial charge in [-0.25, -0.2) is 0 Å². The highest BCUT2D eigenvalue weighted by Crippen LogP contribution is 2.23. The highest BCUT2D eigenvalue weighted by atomic mass is 16.5. The first-order valence-corrected chi connectivity index (χ1v) is 7.43. The third kappa shape index (κ3) is 4.23. The number of hydrogen-bond donors (Lipinski definition) is 2. The van der Waals surface area contributed by atoms with Crippen molar-refractivity contribution in [2.45, 2.75) is 51.1 Å². The minimum Gasteiger partial charge on any atom is -0.483 e. The lowest BCUT2D eigenvalue weighted by Crippen LogP contribution is -2.39. The lowest BCUT2D eigenvalue weighted by Gasteiger charge is -2.23. The molecule has 110 valence electrons. The molecule has 0 spiro atoms. The molecule has 20 heavy (non-hydrogen) atoms. The Morgan fingerprint density at radius 2 is 2.05 bits per heavy atom. The van der Waals surface area contributed by atoms with E-state index in [0.29, 0.717) is 11.8 Å². The van der Waals surface area contributed by atoms with Gasteiger partial charge in [0.05, 0.1) is 0 Å². The van der Waals surface area contributed by atoms with E-state index in [1.807, 2.05) is 31.2 Å². The van der Waals surface area contributed by atoms with Gasteiger partial charge in [-0.2, -0.15) is 0 Å². The Labute approximate surface area is 120 Å². The monoisotopic (exact) mass is 276 g/mol. The van der Waals surface area contributed by atoms with Crippen molar-refractivity contribution in [1.29, 1.82) is 0 Å². The van der Waals surface area contributed by atoms with Gasteiger partial charge in [-0.15, -0.1) is 0 Å². The summed E-state index contributed by atoms with van der Waals surface area (Å²) < 4.78 is 5.61. The maximum absolute atomic E-state index is 11.9. The molecule has 1 unspecified atom stereocenters. The van der Waals surface area contributed by atoms with E-state index < -0.39 is 0 Å². The van der Waals surface area contributed by atoms with Crippen LogP contribution in [0.25, 0.3) is 0 Å². The number of carbonyl (C=O) groups excluding carboxylic acids is 1. The zero-order valence-corrected chi connectivity index (χ0v) is 12.1. The second-order valence-electron chi connectivity index (χ2n) is 5.52. The van der Waals surface area contributed by atoms with Crippen molar-refractivity contribution < 1.29 is 9.53 Å². The Hall–Kier alpha value is -1.55. The van der Waals surface area contributed by atoms with E-state index in [1.54, 1.807) is 0 Å². The largest absolute Gasteiger partial charge is 0.483 e. The molecule has 0 aromatic heterocycles. The van der Waals surface area contributed by atoms with E-state index in [4.69, 9.17) is 10.5 Å². The van der Waals surface area contributed by atoms with Crippen molar-refractivity contribution >= 4 is 5.91 Å². The third-order valence-electron chi connectivity index (χ3n) is 3.74. The van der Waals surface area contributed by atoms with Crippen molar-refractivity contribution in [2.24, 2.45) is 5.73 Å². The summed E-state index contributed by atoms with van der Waals surface area (Å²) in [5, 5.41) is 3.04. The molecule has 1 amide bonds. The molecule has 1 aromatic carbocycles. The van der Waals surface area contributed by atoms with E-state index in [9.17, 15) is 4.79 Å². The van der Waals surface area contributed by atoms with Gasteiger partial charge in [0.15, 0.2) is 6.61 Å². The van der Waals surface area contributed by atoms with Crippen LogP contribution in [0.2, 0.25) is 0 Å². The maximum atomic E-state index is 11.9. The number of ether oxygens (including phenoxy) is 1. The minimum atomic E-state index is -0.104. The molecule has 2 rings (SSSR count). The number of amides is 1. The van der Waals surface area contributed by atoms with E-state index in [-0.39, 0.29) is 18.6 Å². The molecule has 4 heteroatoms. The fourth-order valence-corrected chi connectivity index (χ4v) is 2.65. The summed E-state index contributed by atoms with van der Waals surface area (Å²) in [6, 6.07) is 7.82. The van der Waals surface area contributed by atoms with Gasteiger partial charge in [0, 0.05) is 17.6 Å². The van der Waals surface area contributed by atoms with Crippen LogP contribution >= 0.6 is 0 Å². The van der Waals surface area contributed by atoms with Crippen LogP contribution < -0.4 is 15.8 Å². The first kappa shape index (κ1) is 14.9. The van der Waals surface area contributed by atoms with Gasteiger partial charge >= 0.3 is 0 Å². The Morgan fingerprint density at radius 3 is 2.75 bits per heavy atom. The molecule has 0 radical (unpaired) electrons. The quantitative estimate of drug-likeness (QED) is 0.868. The van der Waals surface area contributed by atoms with Crippen LogP contribution in [0.5, 0.6) is 5.75 Å². The molecule has 1 aromatic rings. The summed E-state index contributed by atoms with van der Waals surface area (Å²) in [6.45, 7) is 1.96. The second kappa shape index (κ2) is 7.29. The van der Waals surface area contributed by atoms with E-state index in [2.05, 4.69) is 5.32 Å². The van der Waals surface area contributed by atoms with Gasteiger partial charge in [0.1, 0.15) is 5.75 Å². The predicted octanol–water partition coefficient (Wildman–Crippen LogP) is 2.53. The summed E-state index contributed by atoms with van der Waals surface area (Å²) in [4.78, 5) is 11.9. The van der Waals surface area contributed by atoms with Crippen LogP contribution in [0, 0.1) is 0 Å². The molecule has 1 atom stereocenters. The number of benzene rings is 1. The summed E-state index contributed by atoms with van der Waals surface area (Å²) >= 11 is 0. The third-order valence-corrected chi connectivity index (χ3v) is 3.74. The molecule has 4 nitrogen and oxygen atoms in total. The smallest absolute Gasteiger partial charge is 0.258 e. The number of rotatable bonds is 5. The predicted molar refractivity (Wildman–Crippen MR) is 79.6 cm³/mol. The topological polar surface area (TPSA) is 64.3 Å². The molecule has 1 fully saturated rings. The van der Waals surface area contributed by atoms with Crippen LogP contribution in [0.15, 0.2) is 24.3 Å². The molecule has 1 aliphatic rings.